The summed E-state index contributed by atoms with van der Waals surface area (Å²) in [6.45, 7) is 5.50. The molecule has 0 fully saturated rings. The molecule has 0 bridgehead atoms. The SMILES string of the molecule is CN=C(NCc1cccc(N(C)C)c1)NCC(C)(C)OC. The first-order valence-corrected chi connectivity index (χ1v) is 7.14. The van der Waals surface area contributed by atoms with Gasteiger partial charge in [-0.3, -0.25) is 4.99 Å². The maximum absolute atomic E-state index is 5.39. The first-order chi connectivity index (χ1) is 9.88. The molecule has 0 heterocycles. The second-order valence-corrected chi connectivity index (χ2v) is 5.81. The van der Waals surface area contributed by atoms with Gasteiger partial charge in [-0.1, -0.05) is 12.1 Å². The minimum atomic E-state index is -0.220. The van der Waals surface area contributed by atoms with Crippen molar-refractivity contribution in [3.8, 4) is 0 Å². The standard InChI is InChI=1S/C16H28N4O/c1-16(2,21-6)12-19-15(17-3)18-11-13-8-7-9-14(10-13)20(4)5/h7-10H,11-12H2,1-6H3,(H2,17,18,19). The lowest BCUT2D eigenvalue weighted by Crippen LogP contribution is -2.45. The monoisotopic (exact) mass is 292 g/mol. The van der Waals surface area contributed by atoms with Gasteiger partial charge in [0.1, 0.15) is 0 Å². The summed E-state index contributed by atoms with van der Waals surface area (Å²) in [4.78, 5) is 6.32. The van der Waals surface area contributed by atoms with Crippen LogP contribution in [0.15, 0.2) is 29.3 Å². The zero-order chi connectivity index (χ0) is 15.9. The van der Waals surface area contributed by atoms with E-state index >= 15 is 0 Å². The van der Waals surface area contributed by atoms with Gasteiger partial charge < -0.3 is 20.3 Å². The molecule has 0 amide bonds. The lowest BCUT2D eigenvalue weighted by molar-refractivity contribution is 0.0268. The minimum Gasteiger partial charge on any atom is -0.378 e. The summed E-state index contributed by atoms with van der Waals surface area (Å²) in [5.74, 6) is 0.774. The highest BCUT2D eigenvalue weighted by Crippen LogP contribution is 2.13. The molecule has 1 aromatic rings. The zero-order valence-corrected chi connectivity index (χ0v) is 14.0. The molecule has 0 aliphatic rings. The Hall–Kier alpha value is -1.75. The zero-order valence-electron chi connectivity index (χ0n) is 14.0. The molecular weight excluding hydrogens is 264 g/mol. The van der Waals surface area contributed by atoms with Crippen LogP contribution in [0.5, 0.6) is 0 Å². The molecule has 0 unspecified atom stereocenters. The average Bonchev–Trinajstić information content (AvgIpc) is 2.47. The van der Waals surface area contributed by atoms with Crippen molar-refractivity contribution in [1.29, 1.82) is 0 Å². The normalized spacial score (nSPS) is 12.2. The second-order valence-electron chi connectivity index (χ2n) is 5.81. The predicted octanol–water partition coefficient (Wildman–Crippen LogP) is 1.84. The molecule has 0 atom stereocenters. The summed E-state index contributed by atoms with van der Waals surface area (Å²) in [5, 5.41) is 6.59. The number of hydrogen-bond acceptors (Lipinski definition) is 3. The molecular formula is C16H28N4O. The van der Waals surface area contributed by atoms with Crippen molar-refractivity contribution < 1.29 is 4.74 Å². The number of rotatable bonds is 6. The Morgan fingerprint density at radius 1 is 1.29 bits per heavy atom. The lowest BCUT2D eigenvalue weighted by atomic mass is 10.1. The molecule has 0 aliphatic heterocycles. The van der Waals surface area contributed by atoms with Crippen LogP contribution in [0.4, 0.5) is 5.69 Å². The highest BCUT2D eigenvalue weighted by Gasteiger charge is 2.16. The number of hydrogen-bond donors (Lipinski definition) is 2. The fraction of sp³-hybridized carbons (Fsp3) is 0.562. The molecule has 1 rings (SSSR count). The van der Waals surface area contributed by atoms with E-state index in [1.807, 2.05) is 27.9 Å². The van der Waals surface area contributed by atoms with Crippen LogP contribution in [0.3, 0.4) is 0 Å². The van der Waals surface area contributed by atoms with Crippen LogP contribution in [0, 0.1) is 0 Å². The molecule has 0 radical (unpaired) electrons. The number of guanidine groups is 1. The highest BCUT2D eigenvalue weighted by molar-refractivity contribution is 5.79. The summed E-state index contributed by atoms with van der Waals surface area (Å²) < 4.78 is 5.39. The van der Waals surface area contributed by atoms with Gasteiger partial charge in [0, 0.05) is 47.0 Å². The second kappa shape index (κ2) is 7.88. The Morgan fingerprint density at radius 3 is 2.57 bits per heavy atom. The number of nitrogens with zero attached hydrogens (tertiary/aromatic N) is 2. The van der Waals surface area contributed by atoms with Crippen LogP contribution in [0.2, 0.25) is 0 Å². The topological polar surface area (TPSA) is 48.9 Å². The number of nitrogens with one attached hydrogen (secondary N) is 2. The molecule has 1 aromatic carbocycles. The van der Waals surface area contributed by atoms with E-state index in [1.165, 1.54) is 11.3 Å². The number of methoxy groups -OCH3 is 1. The molecule has 0 aromatic heterocycles. The number of benzene rings is 1. The van der Waals surface area contributed by atoms with Gasteiger partial charge >= 0.3 is 0 Å². The lowest BCUT2D eigenvalue weighted by Gasteiger charge is -2.24. The molecule has 5 heteroatoms. The van der Waals surface area contributed by atoms with Crippen molar-refractivity contribution in [2.75, 3.05) is 39.7 Å². The van der Waals surface area contributed by atoms with Gasteiger partial charge in [-0.2, -0.15) is 0 Å². The quantitative estimate of drug-likeness (QED) is 0.620. The van der Waals surface area contributed by atoms with E-state index in [1.54, 1.807) is 14.2 Å². The van der Waals surface area contributed by atoms with E-state index < -0.39 is 0 Å². The Labute approximate surface area is 128 Å². The fourth-order valence-corrected chi connectivity index (χ4v) is 1.72. The third-order valence-corrected chi connectivity index (χ3v) is 3.34. The van der Waals surface area contributed by atoms with Gasteiger partial charge in [0.05, 0.1) is 5.60 Å². The van der Waals surface area contributed by atoms with Gasteiger partial charge in [-0.05, 0) is 31.5 Å². The highest BCUT2D eigenvalue weighted by atomic mass is 16.5. The van der Waals surface area contributed by atoms with E-state index in [9.17, 15) is 0 Å². The van der Waals surface area contributed by atoms with Crippen LogP contribution in [0.1, 0.15) is 19.4 Å². The third-order valence-electron chi connectivity index (χ3n) is 3.34. The molecule has 0 saturated heterocycles. The summed E-state index contributed by atoms with van der Waals surface area (Å²) in [6, 6.07) is 8.43. The number of anilines is 1. The van der Waals surface area contributed by atoms with Crippen molar-refractivity contribution in [1.82, 2.24) is 10.6 Å². The van der Waals surface area contributed by atoms with Crippen molar-refractivity contribution in [2.24, 2.45) is 4.99 Å². The van der Waals surface area contributed by atoms with Gasteiger partial charge in [0.15, 0.2) is 5.96 Å². The van der Waals surface area contributed by atoms with Gasteiger partial charge in [0.2, 0.25) is 0 Å². The van der Waals surface area contributed by atoms with E-state index in [0.29, 0.717) is 6.54 Å². The molecule has 21 heavy (non-hydrogen) atoms. The summed E-state index contributed by atoms with van der Waals surface area (Å²) in [5.41, 5.74) is 2.19. The first-order valence-electron chi connectivity index (χ1n) is 7.14. The maximum atomic E-state index is 5.39. The molecule has 2 N–H and O–H groups in total. The van der Waals surface area contributed by atoms with Crippen LogP contribution < -0.4 is 15.5 Å². The minimum absolute atomic E-state index is 0.220. The van der Waals surface area contributed by atoms with Crippen molar-refractivity contribution in [2.45, 2.75) is 26.0 Å². The Bertz CT molecular complexity index is 469. The third kappa shape index (κ3) is 6.04. The Balaban J connectivity index is 2.54. The van der Waals surface area contributed by atoms with E-state index in [2.05, 4.69) is 44.8 Å². The van der Waals surface area contributed by atoms with Crippen molar-refractivity contribution >= 4 is 11.6 Å². The molecule has 5 nitrogen and oxygen atoms in total. The largest absolute Gasteiger partial charge is 0.378 e. The van der Waals surface area contributed by atoms with Crippen molar-refractivity contribution in [3.63, 3.8) is 0 Å². The first kappa shape index (κ1) is 17.3. The molecule has 0 aliphatic carbocycles. The number of aliphatic imine (C=N–C) groups is 1. The number of ether oxygens (including phenoxy) is 1. The summed E-state index contributed by atoms with van der Waals surface area (Å²) in [6.07, 6.45) is 0. The van der Waals surface area contributed by atoms with Crippen LogP contribution in [-0.2, 0) is 11.3 Å². The smallest absolute Gasteiger partial charge is 0.191 e. The van der Waals surface area contributed by atoms with E-state index in [-0.39, 0.29) is 5.60 Å². The van der Waals surface area contributed by atoms with Gasteiger partial charge in [-0.15, -0.1) is 0 Å². The van der Waals surface area contributed by atoms with Crippen LogP contribution in [0.25, 0.3) is 0 Å². The molecule has 118 valence electrons. The Morgan fingerprint density at radius 2 is 2.00 bits per heavy atom. The molecule has 0 spiro atoms. The molecule has 0 saturated carbocycles. The van der Waals surface area contributed by atoms with Crippen molar-refractivity contribution in [3.05, 3.63) is 29.8 Å². The Kier molecular flexibility index (Phi) is 6.49. The fourth-order valence-electron chi connectivity index (χ4n) is 1.72. The summed E-state index contributed by atoms with van der Waals surface area (Å²) >= 11 is 0. The predicted molar refractivity (Wildman–Crippen MR) is 90.1 cm³/mol. The maximum Gasteiger partial charge on any atom is 0.191 e. The van der Waals surface area contributed by atoms with Gasteiger partial charge in [-0.25, -0.2) is 0 Å². The van der Waals surface area contributed by atoms with Crippen LogP contribution in [-0.4, -0.2) is 46.4 Å². The van der Waals surface area contributed by atoms with E-state index in [4.69, 9.17) is 4.74 Å². The van der Waals surface area contributed by atoms with Gasteiger partial charge in [0.25, 0.3) is 0 Å². The average molecular weight is 292 g/mol. The summed E-state index contributed by atoms with van der Waals surface area (Å²) in [7, 11) is 7.57. The van der Waals surface area contributed by atoms with Crippen LogP contribution >= 0.6 is 0 Å². The van der Waals surface area contributed by atoms with E-state index in [0.717, 1.165) is 12.5 Å².